The Hall–Kier alpha value is -2.82. The van der Waals surface area contributed by atoms with Gasteiger partial charge in [-0.2, -0.15) is 0 Å². The number of rotatable bonds is 1. The molecule has 0 unspecified atom stereocenters. The van der Waals surface area contributed by atoms with E-state index in [9.17, 15) is 4.79 Å². The summed E-state index contributed by atoms with van der Waals surface area (Å²) in [5.74, 6) is 0.515. The fourth-order valence-electron chi connectivity index (χ4n) is 2.60. The number of primary amides is 1. The molecule has 0 saturated heterocycles. The minimum Gasteiger partial charge on any atom is -0.366 e. The van der Waals surface area contributed by atoms with Gasteiger partial charge in [0.25, 0.3) is 0 Å². The number of carbonyl (C=O) groups is 1. The largest absolute Gasteiger partial charge is 0.366 e. The number of allylic oxidation sites excluding steroid dienone is 1. The van der Waals surface area contributed by atoms with Gasteiger partial charge in [-0.05, 0) is 18.2 Å². The maximum absolute atomic E-state index is 11.3. The van der Waals surface area contributed by atoms with Gasteiger partial charge in [-0.1, -0.05) is 12.1 Å². The molecule has 20 heavy (non-hydrogen) atoms. The molecule has 1 aliphatic carbocycles. The molecular formula is C15H12N4O. The van der Waals surface area contributed by atoms with Crippen LogP contribution in [-0.2, 0) is 11.3 Å². The van der Waals surface area contributed by atoms with Crippen LogP contribution in [0, 0.1) is 0 Å². The highest BCUT2D eigenvalue weighted by atomic mass is 16.1. The number of amides is 1. The molecular weight excluding hydrogens is 252 g/mol. The summed E-state index contributed by atoms with van der Waals surface area (Å²) in [6.45, 7) is 0.619. The van der Waals surface area contributed by atoms with Crippen molar-refractivity contribution in [3.05, 3.63) is 59.8 Å². The third-order valence-electron chi connectivity index (χ3n) is 3.63. The molecule has 1 amide bonds. The van der Waals surface area contributed by atoms with Crippen LogP contribution in [0.4, 0.5) is 0 Å². The second-order valence-corrected chi connectivity index (χ2v) is 4.87. The van der Waals surface area contributed by atoms with E-state index in [4.69, 9.17) is 5.73 Å². The molecule has 0 atom stereocenters. The highest BCUT2D eigenvalue weighted by molar-refractivity contribution is 5.95. The van der Waals surface area contributed by atoms with Gasteiger partial charge >= 0.3 is 0 Å². The monoisotopic (exact) mass is 264 g/mol. The maximum atomic E-state index is 11.3. The van der Waals surface area contributed by atoms with E-state index in [1.165, 1.54) is 0 Å². The number of carbonyl (C=O) groups excluding carboxylic acids is 1. The predicted molar refractivity (Wildman–Crippen MR) is 75.1 cm³/mol. The summed E-state index contributed by atoms with van der Waals surface area (Å²) in [4.78, 5) is 17.7. The molecule has 0 aromatic carbocycles. The lowest BCUT2D eigenvalue weighted by Gasteiger charge is -2.31. The first kappa shape index (κ1) is 11.0. The van der Waals surface area contributed by atoms with E-state index in [-0.39, 0.29) is 0 Å². The summed E-state index contributed by atoms with van der Waals surface area (Å²) < 4.78 is 2.09. The first-order valence-electron chi connectivity index (χ1n) is 6.35. The minimum absolute atomic E-state index is 0.418. The molecule has 0 fully saturated rings. The van der Waals surface area contributed by atoms with Gasteiger partial charge in [0.1, 0.15) is 5.82 Å². The fraction of sp³-hybridized carbons (Fsp3) is 0.0667. The van der Waals surface area contributed by atoms with E-state index < -0.39 is 5.91 Å². The first-order valence-corrected chi connectivity index (χ1v) is 6.35. The van der Waals surface area contributed by atoms with Crippen LogP contribution in [0.15, 0.2) is 54.0 Å². The average molecular weight is 264 g/mol. The van der Waals surface area contributed by atoms with Gasteiger partial charge in [0, 0.05) is 24.2 Å². The molecule has 3 heterocycles. The van der Waals surface area contributed by atoms with E-state index in [1.54, 1.807) is 12.3 Å². The molecule has 0 aromatic heterocycles. The Morgan fingerprint density at radius 1 is 1.25 bits per heavy atom. The van der Waals surface area contributed by atoms with Crippen molar-refractivity contribution in [2.75, 3.05) is 0 Å². The van der Waals surface area contributed by atoms with E-state index >= 15 is 0 Å². The van der Waals surface area contributed by atoms with Crippen molar-refractivity contribution in [1.29, 1.82) is 0 Å². The predicted octanol–water partition coefficient (Wildman–Crippen LogP) is 1.54. The number of nitrogens with two attached hydrogens (primary N) is 1. The molecule has 0 saturated carbocycles. The second-order valence-electron chi connectivity index (χ2n) is 4.87. The molecule has 5 nitrogen and oxygen atoms in total. The summed E-state index contributed by atoms with van der Waals surface area (Å²) >= 11 is 0. The van der Waals surface area contributed by atoms with Crippen molar-refractivity contribution in [1.82, 2.24) is 14.5 Å². The number of hydrogen-bond acceptors (Lipinski definition) is 3. The molecule has 3 aliphatic heterocycles. The molecule has 0 bridgehead atoms. The Kier molecular flexibility index (Phi) is 2.12. The third-order valence-corrected chi connectivity index (χ3v) is 3.63. The molecule has 2 N–H and O–H groups in total. The Morgan fingerprint density at radius 2 is 2.15 bits per heavy atom. The Balaban J connectivity index is 1.84. The number of fused-ring (bicyclic) bond motifs is 4. The molecule has 4 rings (SSSR count). The lowest BCUT2D eigenvalue weighted by atomic mass is 10.1. The zero-order valence-corrected chi connectivity index (χ0v) is 10.7. The van der Waals surface area contributed by atoms with E-state index in [0.29, 0.717) is 12.1 Å². The van der Waals surface area contributed by atoms with Crippen molar-refractivity contribution in [3.8, 4) is 11.3 Å². The molecule has 5 heteroatoms. The molecule has 98 valence electrons. The number of aromatic nitrogens is 2. The zero-order chi connectivity index (χ0) is 13.7. The lowest BCUT2D eigenvalue weighted by molar-refractivity contribution is -0.114. The van der Waals surface area contributed by atoms with Gasteiger partial charge in [-0.25, -0.2) is 4.98 Å². The van der Waals surface area contributed by atoms with Crippen molar-refractivity contribution in [2.45, 2.75) is 6.54 Å². The zero-order valence-electron chi connectivity index (χ0n) is 10.7. The summed E-state index contributed by atoms with van der Waals surface area (Å²) in [6.07, 6.45) is 9.32. The molecule has 4 aliphatic rings. The van der Waals surface area contributed by atoms with Gasteiger partial charge in [-0.3, -0.25) is 4.79 Å². The van der Waals surface area contributed by atoms with Crippen molar-refractivity contribution in [2.24, 2.45) is 5.73 Å². The van der Waals surface area contributed by atoms with E-state index in [0.717, 1.165) is 22.8 Å². The van der Waals surface area contributed by atoms with E-state index in [1.807, 2.05) is 35.5 Å². The molecule has 0 spiro atoms. The average Bonchev–Trinajstić information content (AvgIpc) is 2.93. The van der Waals surface area contributed by atoms with Crippen LogP contribution in [0.25, 0.3) is 17.5 Å². The highest BCUT2D eigenvalue weighted by Gasteiger charge is 2.22. The lowest BCUT2D eigenvalue weighted by Crippen LogP contribution is -2.28. The van der Waals surface area contributed by atoms with Crippen LogP contribution >= 0.6 is 0 Å². The van der Waals surface area contributed by atoms with Crippen LogP contribution in [0.1, 0.15) is 5.82 Å². The number of nitrogens with zero attached hydrogens (tertiary/aromatic N) is 3. The standard InChI is InChI=1S/C15H12N4O/c16-15(20)11-4-5-12-8-19-13-3-1-2-10(13)6-17-14(19)9-18(12)7-11/h1-8H,9H2,(H2,16,20). The first-order chi connectivity index (χ1) is 9.72. The maximum Gasteiger partial charge on any atom is 0.250 e. The van der Waals surface area contributed by atoms with Gasteiger partial charge in [0.05, 0.1) is 23.5 Å². The Labute approximate surface area is 115 Å². The van der Waals surface area contributed by atoms with Crippen LogP contribution in [0.3, 0.4) is 0 Å². The summed E-state index contributed by atoms with van der Waals surface area (Å²) in [5, 5.41) is 0. The van der Waals surface area contributed by atoms with Crippen LogP contribution in [0.5, 0.6) is 0 Å². The van der Waals surface area contributed by atoms with Crippen molar-refractivity contribution >= 4 is 12.1 Å². The topological polar surface area (TPSA) is 64.2 Å². The van der Waals surface area contributed by atoms with Crippen molar-refractivity contribution < 1.29 is 4.79 Å². The minimum atomic E-state index is -0.418. The van der Waals surface area contributed by atoms with Crippen molar-refractivity contribution in [3.63, 3.8) is 0 Å². The third kappa shape index (κ3) is 1.50. The van der Waals surface area contributed by atoms with Gasteiger partial charge < -0.3 is 15.2 Å². The number of hydrogen-bond donors (Lipinski definition) is 1. The SMILES string of the molecule is NC(=O)C1=CN2Cc3ncc4cccc-4n3C=C2C=C1. The molecule has 0 radical (unpaired) electrons. The normalized spacial score (nSPS) is 16.5. The van der Waals surface area contributed by atoms with Crippen LogP contribution in [-0.4, -0.2) is 20.4 Å². The highest BCUT2D eigenvalue weighted by Crippen LogP contribution is 2.30. The second kappa shape index (κ2) is 3.84. The summed E-state index contributed by atoms with van der Waals surface area (Å²) in [7, 11) is 0. The quantitative estimate of drug-likeness (QED) is 0.849. The smallest absolute Gasteiger partial charge is 0.250 e. The van der Waals surface area contributed by atoms with Gasteiger partial charge in [0.15, 0.2) is 0 Å². The van der Waals surface area contributed by atoms with E-state index in [2.05, 4.69) is 15.6 Å². The summed E-state index contributed by atoms with van der Waals surface area (Å²) in [5.41, 5.74) is 9.10. The van der Waals surface area contributed by atoms with Crippen LogP contribution < -0.4 is 5.73 Å². The van der Waals surface area contributed by atoms with Crippen LogP contribution in [0.2, 0.25) is 0 Å². The van der Waals surface area contributed by atoms with Gasteiger partial charge in [0.2, 0.25) is 5.91 Å². The Morgan fingerprint density at radius 3 is 3.00 bits per heavy atom. The molecule has 0 aromatic rings. The fourth-order valence-corrected chi connectivity index (χ4v) is 2.60. The summed E-state index contributed by atoms with van der Waals surface area (Å²) in [6, 6.07) is 6.14. The van der Waals surface area contributed by atoms with Gasteiger partial charge in [-0.15, -0.1) is 0 Å². The Bertz CT molecular complexity index is 781.